The lowest BCUT2D eigenvalue weighted by molar-refractivity contribution is -0.146. The summed E-state index contributed by atoms with van der Waals surface area (Å²) in [5, 5.41) is 13.7. The lowest BCUT2D eigenvalue weighted by Crippen LogP contribution is -2.11. The van der Waals surface area contributed by atoms with Gasteiger partial charge in [0.05, 0.1) is 10.9 Å². The van der Waals surface area contributed by atoms with Crippen LogP contribution in [0.5, 0.6) is 0 Å². The fraction of sp³-hybridized carbons (Fsp3) is 0.0476. The summed E-state index contributed by atoms with van der Waals surface area (Å²) in [4.78, 5) is 4.26. The second-order valence-corrected chi connectivity index (χ2v) is 6.45. The zero-order chi connectivity index (χ0) is 20.0. The number of benzene rings is 2. The zero-order valence-corrected chi connectivity index (χ0v) is 14.8. The van der Waals surface area contributed by atoms with Crippen molar-refractivity contribution in [2.24, 2.45) is 0 Å². The Balaban J connectivity index is 1.86. The molecule has 29 heavy (non-hydrogen) atoms. The number of nitrogens with zero attached hydrogens (tertiary/aromatic N) is 5. The third kappa shape index (κ3) is 2.89. The van der Waals surface area contributed by atoms with Crippen LogP contribution < -0.4 is 5.22 Å². The molecule has 0 fully saturated rings. The minimum atomic E-state index is -4.67. The molecule has 0 bridgehead atoms. The number of fused-ring (bicyclic) bond motifs is 2. The van der Waals surface area contributed by atoms with Crippen LogP contribution in [-0.4, -0.2) is 24.8 Å². The molecule has 0 radical (unpaired) electrons. The van der Waals surface area contributed by atoms with Gasteiger partial charge in [-0.3, -0.25) is 4.98 Å². The van der Waals surface area contributed by atoms with Crippen LogP contribution in [0.2, 0.25) is 0 Å². The predicted octanol–water partition coefficient (Wildman–Crippen LogP) is 3.91. The number of hydrogen-bond donors (Lipinski definition) is 0. The standard InChI is InChI=1S/C21H12F3N5/c22-21(23,24)20-27-26-19-16(18(28-29(19)20)17-10-3-4-11-25-17)12-14-8-5-7-13-6-1-2-9-15(13)14/h1-12H. The van der Waals surface area contributed by atoms with Crippen molar-refractivity contribution in [1.29, 1.82) is 0 Å². The van der Waals surface area contributed by atoms with Crippen LogP contribution >= 0.6 is 0 Å². The zero-order valence-electron chi connectivity index (χ0n) is 14.8. The van der Waals surface area contributed by atoms with Gasteiger partial charge in [0.25, 0.3) is 5.82 Å². The maximum atomic E-state index is 13.3. The van der Waals surface area contributed by atoms with E-state index >= 15 is 0 Å². The number of hydrogen-bond acceptors (Lipinski definition) is 4. The highest BCUT2D eigenvalue weighted by molar-refractivity contribution is 5.91. The van der Waals surface area contributed by atoms with Crippen molar-refractivity contribution < 1.29 is 13.2 Å². The summed E-state index contributed by atoms with van der Waals surface area (Å²) >= 11 is 0. The maximum Gasteiger partial charge on any atom is 0.453 e. The van der Waals surface area contributed by atoms with Crippen molar-refractivity contribution in [3.8, 4) is 11.4 Å². The van der Waals surface area contributed by atoms with Crippen LogP contribution in [0.1, 0.15) is 11.4 Å². The average Bonchev–Trinajstić information content (AvgIpc) is 3.29. The van der Waals surface area contributed by atoms with E-state index in [1.807, 2.05) is 42.5 Å². The molecular weight excluding hydrogens is 379 g/mol. The Bertz CT molecular complexity index is 1390. The van der Waals surface area contributed by atoms with E-state index < -0.39 is 12.0 Å². The molecule has 0 saturated heterocycles. The van der Waals surface area contributed by atoms with Gasteiger partial charge in [0.2, 0.25) is 0 Å². The van der Waals surface area contributed by atoms with E-state index in [0.717, 1.165) is 20.9 Å². The number of rotatable bonds is 2. The molecule has 0 saturated carbocycles. The fourth-order valence-corrected chi connectivity index (χ4v) is 3.34. The van der Waals surface area contributed by atoms with Gasteiger partial charge in [-0.05, 0) is 34.5 Å². The number of halogens is 3. The highest BCUT2D eigenvalue weighted by Gasteiger charge is 2.38. The van der Waals surface area contributed by atoms with Crippen LogP contribution in [0.25, 0.3) is 33.9 Å². The van der Waals surface area contributed by atoms with Crippen LogP contribution in [0.4, 0.5) is 13.2 Å². The predicted molar refractivity (Wildman–Crippen MR) is 102 cm³/mol. The quantitative estimate of drug-likeness (QED) is 0.458. The van der Waals surface area contributed by atoms with Gasteiger partial charge in [0.15, 0.2) is 5.65 Å². The Kier molecular flexibility index (Phi) is 3.80. The normalized spacial score (nSPS) is 12.9. The SMILES string of the molecule is FC(F)(F)c1nnc2c(=Cc3cccc4ccccc34)c(-c3ccccn3)nn12. The summed E-state index contributed by atoms with van der Waals surface area (Å²) in [6.07, 6.45) is -1.32. The van der Waals surface area contributed by atoms with E-state index in [2.05, 4.69) is 20.3 Å². The third-order valence-electron chi connectivity index (χ3n) is 4.62. The summed E-state index contributed by atoms with van der Waals surface area (Å²) < 4.78 is 40.8. The highest BCUT2D eigenvalue weighted by atomic mass is 19.4. The first kappa shape index (κ1) is 17.3. The Morgan fingerprint density at radius 3 is 2.45 bits per heavy atom. The van der Waals surface area contributed by atoms with E-state index in [0.29, 0.717) is 16.6 Å². The monoisotopic (exact) mass is 391 g/mol. The van der Waals surface area contributed by atoms with E-state index in [-0.39, 0.29) is 5.65 Å². The molecule has 2 aromatic carbocycles. The summed E-state index contributed by atoms with van der Waals surface area (Å²) in [5.74, 6) is -1.16. The van der Waals surface area contributed by atoms with Gasteiger partial charge in [-0.2, -0.15) is 22.8 Å². The van der Waals surface area contributed by atoms with Gasteiger partial charge < -0.3 is 0 Å². The molecule has 0 atom stereocenters. The largest absolute Gasteiger partial charge is 0.453 e. The molecule has 8 heteroatoms. The molecular formula is C21H12F3N5. The average molecular weight is 391 g/mol. The first-order valence-electron chi connectivity index (χ1n) is 8.75. The molecule has 3 heterocycles. The van der Waals surface area contributed by atoms with Crippen molar-refractivity contribution in [2.45, 2.75) is 6.18 Å². The first-order valence-corrected chi connectivity index (χ1v) is 8.75. The van der Waals surface area contributed by atoms with Gasteiger partial charge in [0.1, 0.15) is 5.69 Å². The number of aromatic nitrogens is 5. The molecule has 5 nitrogen and oxygen atoms in total. The van der Waals surface area contributed by atoms with Crippen molar-refractivity contribution >= 4 is 22.5 Å². The van der Waals surface area contributed by atoms with E-state index in [4.69, 9.17) is 0 Å². The van der Waals surface area contributed by atoms with Crippen LogP contribution in [0.15, 0.2) is 66.9 Å². The van der Waals surface area contributed by atoms with Gasteiger partial charge in [-0.25, -0.2) is 0 Å². The van der Waals surface area contributed by atoms with Gasteiger partial charge in [0, 0.05) is 6.20 Å². The van der Waals surface area contributed by atoms with Crippen molar-refractivity contribution in [1.82, 2.24) is 24.8 Å². The van der Waals surface area contributed by atoms with Gasteiger partial charge >= 0.3 is 6.18 Å². The molecule has 0 unspecified atom stereocenters. The van der Waals surface area contributed by atoms with Crippen LogP contribution in [0.3, 0.4) is 0 Å². The Hall–Kier alpha value is -3.81. The van der Waals surface area contributed by atoms with Gasteiger partial charge in [-0.15, -0.1) is 10.2 Å². The van der Waals surface area contributed by atoms with Crippen molar-refractivity contribution in [3.63, 3.8) is 0 Å². The molecule has 0 aliphatic carbocycles. The van der Waals surface area contributed by atoms with Gasteiger partial charge in [-0.1, -0.05) is 48.5 Å². The summed E-state index contributed by atoms with van der Waals surface area (Å²) in [7, 11) is 0. The third-order valence-corrected chi connectivity index (χ3v) is 4.62. The Labute approximate surface area is 162 Å². The Morgan fingerprint density at radius 1 is 0.862 bits per heavy atom. The molecule has 5 rings (SSSR count). The fourth-order valence-electron chi connectivity index (χ4n) is 3.34. The molecule has 0 aliphatic heterocycles. The molecule has 0 amide bonds. The lowest BCUT2D eigenvalue weighted by Gasteiger charge is -2.02. The van der Waals surface area contributed by atoms with Crippen LogP contribution in [-0.2, 0) is 6.18 Å². The van der Waals surface area contributed by atoms with E-state index in [9.17, 15) is 13.2 Å². The second-order valence-electron chi connectivity index (χ2n) is 6.45. The lowest BCUT2D eigenvalue weighted by atomic mass is 10.0. The molecule has 0 spiro atoms. The maximum absolute atomic E-state index is 13.3. The smallest absolute Gasteiger partial charge is 0.255 e. The minimum absolute atomic E-state index is 0.0333. The number of alkyl halides is 3. The highest BCUT2D eigenvalue weighted by Crippen LogP contribution is 2.28. The second kappa shape index (κ2) is 6.37. The summed E-state index contributed by atoms with van der Waals surface area (Å²) in [6.45, 7) is 0. The summed E-state index contributed by atoms with van der Waals surface area (Å²) in [5.41, 5.74) is 1.64. The molecule has 0 N–H and O–H groups in total. The number of pyridine rings is 1. The molecule has 0 aliphatic rings. The molecule has 3 aromatic heterocycles. The minimum Gasteiger partial charge on any atom is -0.255 e. The van der Waals surface area contributed by atoms with Crippen molar-refractivity contribution in [2.75, 3.05) is 0 Å². The summed E-state index contributed by atoms with van der Waals surface area (Å²) in [6, 6.07) is 18.7. The van der Waals surface area contributed by atoms with E-state index in [1.54, 1.807) is 30.5 Å². The topological polar surface area (TPSA) is 56.0 Å². The molecule has 142 valence electrons. The molecule has 5 aromatic rings. The van der Waals surface area contributed by atoms with E-state index in [1.165, 1.54) is 0 Å². The van der Waals surface area contributed by atoms with Crippen molar-refractivity contribution in [3.05, 3.63) is 83.5 Å². The Morgan fingerprint density at radius 2 is 1.66 bits per heavy atom. The first-order chi connectivity index (χ1) is 14.0. The van der Waals surface area contributed by atoms with Crippen LogP contribution in [0, 0.1) is 0 Å².